The highest BCUT2D eigenvalue weighted by Crippen LogP contribution is 2.11. The smallest absolute Gasteiger partial charge is 0.237 e. The summed E-state index contributed by atoms with van der Waals surface area (Å²) >= 11 is 0. The summed E-state index contributed by atoms with van der Waals surface area (Å²) in [6, 6.07) is 2.10. The lowest BCUT2D eigenvalue weighted by atomic mass is 10.2. The second-order valence-corrected chi connectivity index (χ2v) is 6.08. The first kappa shape index (κ1) is 16.0. The summed E-state index contributed by atoms with van der Waals surface area (Å²) in [7, 11) is 0. The third-order valence-electron chi connectivity index (χ3n) is 3.83. The van der Waals surface area contributed by atoms with Crippen LogP contribution >= 0.6 is 0 Å². The molecule has 1 aliphatic heterocycles. The number of nitrogens with one attached hydrogen (secondary N) is 1. The number of carbonyl (C=O) groups excluding carboxylic acids is 1. The molecule has 1 amide bonds. The Balaban J connectivity index is 1.78. The fourth-order valence-corrected chi connectivity index (χ4v) is 2.60. The average molecular weight is 294 g/mol. The first-order valence-electron chi connectivity index (χ1n) is 7.64. The molecule has 6 heteroatoms. The van der Waals surface area contributed by atoms with Gasteiger partial charge in [0.1, 0.15) is 5.76 Å². The Kier molecular flexibility index (Phi) is 5.36. The van der Waals surface area contributed by atoms with Crippen LogP contribution in [0.25, 0.3) is 0 Å². The van der Waals surface area contributed by atoms with E-state index in [0.29, 0.717) is 0 Å². The van der Waals surface area contributed by atoms with Gasteiger partial charge in [0.2, 0.25) is 5.91 Å². The van der Waals surface area contributed by atoms with Crippen LogP contribution in [0.5, 0.6) is 0 Å². The van der Waals surface area contributed by atoms with E-state index in [1.807, 2.05) is 33.8 Å². The maximum Gasteiger partial charge on any atom is 0.237 e. The average Bonchev–Trinajstić information content (AvgIpc) is 2.83. The molecule has 0 saturated carbocycles. The van der Waals surface area contributed by atoms with Gasteiger partial charge in [-0.05, 0) is 27.7 Å². The van der Waals surface area contributed by atoms with Gasteiger partial charge in [-0.3, -0.25) is 14.6 Å². The van der Waals surface area contributed by atoms with Crippen molar-refractivity contribution in [1.82, 2.24) is 20.3 Å². The maximum atomic E-state index is 12.0. The van der Waals surface area contributed by atoms with Gasteiger partial charge in [-0.25, -0.2) is 0 Å². The Morgan fingerprint density at radius 1 is 1.33 bits per heavy atom. The van der Waals surface area contributed by atoms with E-state index in [4.69, 9.17) is 4.52 Å². The minimum absolute atomic E-state index is 0.0659. The second kappa shape index (κ2) is 7.04. The zero-order valence-corrected chi connectivity index (χ0v) is 13.4. The van der Waals surface area contributed by atoms with Gasteiger partial charge in [-0.1, -0.05) is 5.16 Å². The highest BCUT2D eigenvalue weighted by Gasteiger charge is 2.26. The van der Waals surface area contributed by atoms with Crippen molar-refractivity contribution >= 4 is 5.91 Å². The van der Waals surface area contributed by atoms with Crippen molar-refractivity contribution in [2.75, 3.05) is 26.2 Å². The van der Waals surface area contributed by atoms with Crippen LogP contribution in [-0.2, 0) is 11.3 Å². The minimum atomic E-state index is -0.0659. The van der Waals surface area contributed by atoms with Crippen molar-refractivity contribution in [3.05, 3.63) is 17.5 Å². The van der Waals surface area contributed by atoms with E-state index in [1.54, 1.807) is 0 Å². The SMILES string of the molecule is Cc1cc(CN2CCN([C@H](C)C(=O)NC(C)C)CC2)no1. The molecule has 0 aliphatic carbocycles. The summed E-state index contributed by atoms with van der Waals surface area (Å²) < 4.78 is 5.09. The molecule has 2 heterocycles. The van der Waals surface area contributed by atoms with Crippen molar-refractivity contribution in [3.8, 4) is 0 Å². The Bertz CT molecular complexity index is 464. The molecule has 1 fully saturated rings. The molecular weight excluding hydrogens is 268 g/mol. The van der Waals surface area contributed by atoms with E-state index in [9.17, 15) is 4.79 Å². The summed E-state index contributed by atoms with van der Waals surface area (Å²) in [4.78, 5) is 16.6. The van der Waals surface area contributed by atoms with Crippen LogP contribution in [0.2, 0.25) is 0 Å². The van der Waals surface area contributed by atoms with Crippen LogP contribution in [0, 0.1) is 6.92 Å². The van der Waals surface area contributed by atoms with Crippen molar-refractivity contribution < 1.29 is 9.32 Å². The lowest BCUT2D eigenvalue weighted by molar-refractivity contribution is -0.127. The fraction of sp³-hybridized carbons (Fsp3) is 0.733. The largest absolute Gasteiger partial charge is 0.361 e. The molecule has 1 N–H and O–H groups in total. The van der Waals surface area contributed by atoms with Gasteiger partial charge in [-0.2, -0.15) is 0 Å². The number of aromatic nitrogens is 1. The molecule has 1 saturated heterocycles. The molecule has 2 rings (SSSR count). The summed E-state index contributed by atoms with van der Waals surface area (Å²) in [5.41, 5.74) is 0.978. The molecule has 118 valence electrons. The van der Waals surface area contributed by atoms with Gasteiger partial charge in [0.15, 0.2) is 0 Å². The van der Waals surface area contributed by atoms with E-state index < -0.39 is 0 Å². The first-order valence-corrected chi connectivity index (χ1v) is 7.64. The molecule has 0 unspecified atom stereocenters. The number of aryl methyl sites for hydroxylation is 1. The Morgan fingerprint density at radius 2 is 2.00 bits per heavy atom. The lowest BCUT2D eigenvalue weighted by Crippen LogP contribution is -2.54. The molecule has 1 aromatic heterocycles. The van der Waals surface area contributed by atoms with Crippen LogP contribution in [0.1, 0.15) is 32.2 Å². The number of piperazine rings is 1. The third-order valence-corrected chi connectivity index (χ3v) is 3.83. The summed E-state index contributed by atoms with van der Waals surface area (Å²) in [6.45, 7) is 12.4. The highest BCUT2D eigenvalue weighted by molar-refractivity contribution is 5.81. The first-order chi connectivity index (χ1) is 9.95. The molecule has 1 atom stereocenters. The van der Waals surface area contributed by atoms with E-state index in [0.717, 1.165) is 44.2 Å². The van der Waals surface area contributed by atoms with E-state index in [2.05, 4.69) is 20.3 Å². The van der Waals surface area contributed by atoms with Crippen LogP contribution in [0.3, 0.4) is 0 Å². The van der Waals surface area contributed by atoms with Crippen molar-refractivity contribution in [2.45, 2.75) is 46.3 Å². The van der Waals surface area contributed by atoms with Crippen LogP contribution in [0.4, 0.5) is 0 Å². The monoisotopic (exact) mass is 294 g/mol. The molecule has 0 spiro atoms. The predicted octanol–water partition coefficient (Wildman–Crippen LogP) is 1.01. The molecule has 6 nitrogen and oxygen atoms in total. The Hall–Kier alpha value is -1.40. The van der Waals surface area contributed by atoms with Gasteiger partial charge in [0, 0.05) is 44.8 Å². The zero-order valence-electron chi connectivity index (χ0n) is 13.4. The molecular formula is C15H26N4O2. The van der Waals surface area contributed by atoms with Crippen LogP contribution in [-0.4, -0.2) is 59.1 Å². The number of hydrogen-bond acceptors (Lipinski definition) is 5. The predicted molar refractivity (Wildman–Crippen MR) is 80.8 cm³/mol. The number of hydrogen-bond donors (Lipinski definition) is 1. The topological polar surface area (TPSA) is 61.6 Å². The third kappa shape index (κ3) is 4.54. The molecule has 0 bridgehead atoms. The highest BCUT2D eigenvalue weighted by atomic mass is 16.5. The summed E-state index contributed by atoms with van der Waals surface area (Å²) in [5, 5.41) is 7.01. The zero-order chi connectivity index (χ0) is 15.4. The number of rotatable bonds is 5. The fourth-order valence-electron chi connectivity index (χ4n) is 2.60. The van der Waals surface area contributed by atoms with Crippen LogP contribution < -0.4 is 5.32 Å². The Morgan fingerprint density at radius 3 is 2.52 bits per heavy atom. The van der Waals surface area contributed by atoms with Gasteiger partial charge < -0.3 is 9.84 Å². The Labute approximate surface area is 126 Å². The van der Waals surface area contributed by atoms with Gasteiger partial charge in [-0.15, -0.1) is 0 Å². The number of amides is 1. The molecule has 0 aromatic carbocycles. The quantitative estimate of drug-likeness (QED) is 0.878. The minimum Gasteiger partial charge on any atom is -0.361 e. The number of nitrogens with zero attached hydrogens (tertiary/aromatic N) is 3. The van der Waals surface area contributed by atoms with E-state index in [1.165, 1.54) is 0 Å². The lowest BCUT2D eigenvalue weighted by Gasteiger charge is -2.37. The van der Waals surface area contributed by atoms with Gasteiger partial charge in [0.25, 0.3) is 0 Å². The van der Waals surface area contributed by atoms with E-state index in [-0.39, 0.29) is 18.0 Å². The standard InChI is InChI=1S/C15H26N4O2/c1-11(2)16-15(20)13(4)19-7-5-18(6-8-19)10-14-9-12(3)21-17-14/h9,11,13H,5-8,10H2,1-4H3,(H,16,20)/t13-/m1/s1. The molecule has 0 radical (unpaired) electrons. The summed E-state index contributed by atoms with van der Waals surface area (Å²) in [5.74, 6) is 0.966. The maximum absolute atomic E-state index is 12.0. The van der Waals surface area contributed by atoms with Crippen molar-refractivity contribution in [3.63, 3.8) is 0 Å². The van der Waals surface area contributed by atoms with Crippen molar-refractivity contribution in [1.29, 1.82) is 0 Å². The molecule has 21 heavy (non-hydrogen) atoms. The molecule has 1 aromatic rings. The van der Waals surface area contributed by atoms with Gasteiger partial charge in [0.05, 0.1) is 11.7 Å². The molecule has 1 aliphatic rings. The second-order valence-electron chi connectivity index (χ2n) is 6.08. The van der Waals surface area contributed by atoms with Gasteiger partial charge >= 0.3 is 0 Å². The summed E-state index contributed by atoms with van der Waals surface area (Å²) in [6.07, 6.45) is 0. The van der Waals surface area contributed by atoms with E-state index >= 15 is 0 Å². The normalized spacial score (nSPS) is 18.9. The van der Waals surface area contributed by atoms with Crippen molar-refractivity contribution in [2.24, 2.45) is 0 Å². The number of carbonyl (C=O) groups is 1. The van der Waals surface area contributed by atoms with Crippen LogP contribution in [0.15, 0.2) is 10.6 Å².